The first-order valence-electron chi connectivity index (χ1n) is 1.65. The summed E-state index contributed by atoms with van der Waals surface area (Å²) >= 11 is 3.25. The van der Waals surface area contributed by atoms with Crippen molar-refractivity contribution in [2.45, 2.75) is 13.3 Å². The molecule has 0 atom stereocenters. The van der Waals surface area contributed by atoms with E-state index < -0.39 is 0 Å². The number of hydrogen-bond donors (Lipinski definition) is 1. The van der Waals surface area contributed by atoms with Crippen LogP contribution in [0.4, 0.5) is 0 Å². The summed E-state index contributed by atoms with van der Waals surface area (Å²) in [7, 11) is 0. The van der Waals surface area contributed by atoms with Gasteiger partial charge in [-0.1, -0.05) is 6.92 Å². The molecule has 0 aliphatic rings. The number of carbonyl (C=O) groups excluding carboxylic acids is 1. The van der Waals surface area contributed by atoms with Crippen LogP contribution in [0.5, 0.6) is 0 Å². The van der Waals surface area contributed by atoms with Crippen molar-refractivity contribution in [3.05, 3.63) is 0 Å². The Kier molecular flexibility index (Phi) is 23.8. The average molecular weight is 154 g/mol. The molecule has 5 heteroatoms. The van der Waals surface area contributed by atoms with E-state index in [4.69, 9.17) is 0 Å². The second-order valence-electron chi connectivity index (χ2n) is 0.817. The average Bonchev–Trinajstić information content (AvgIpc) is 1.65. The second-order valence-corrected chi connectivity index (χ2v) is 0.999. The second kappa shape index (κ2) is 11.6. The number of carbonyl (C=O) groups is 1. The van der Waals surface area contributed by atoms with E-state index in [1.165, 1.54) is 0 Å². The molecule has 0 aromatic carbocycles. The fourth-order valence-corrected chi connectivity index (χ4v) is 0.194. The molecular formula is C3H8Na2O2S. The first-order chi connectivity index (χ1) is 2.81. The number of hydrogen-bond acceptors (Lipinski definition) is 3. The van der Waals surface area contributed by atoms with Crippen LogP contribution in [0.15, 0.2) is 0 Å². The van der Waals surface area contributed by atoms with Gasteiger partial charge in [-0.2, -0.15) is 0 Å². The van der Waals surface area contributed by atoms with Gasteiger partial charge in [0, 0.05) is 19.3 Å². The Morgan fingerprint density at radius 3 is 2.00 bits per heavy atom. The van der Waals surface area contributed by atoms with Gasteiger partial charge in [-0.25, -0.2) is 0 Å². The van der Waals surface area contributed by atoms with Crippen molar-refractivity contribution in [3.63, 3.8) is 0 Å². The summed E-state index contributed by atoms with van der Waals surface area (Å²) in [6.45, 7) is 1.71. The summed E-state index contributed by atoms with van der Waals surface area (Å²) in [6.07, 6.45) is 0.392. The zero-order valence-corrected chi connectivity index (χ0v) is 4.37. The van der Waals surface area contributed by atoms with Crippen LogP contribution in [0.25, 0.3) is 0 Å². The third-order valence-corrected chi connectivity index (χ3v) is 0.594. The monoisotopic (exact) mass is 154 g/mol. The van der Waals surface area contributed by atoms with E-state index >= 15 is 0 Å². The van der Waals surface area contributed by atoms with Crippen molar-refractivity contribution in [1.29, 1.82) is 0 Å². The van der Waals surface area contributed by atoms with Crippen LogP contribution in [0.1, 0.15) is 13.3 Å². The van der Waals surface area contributed by atoms with E-state index in [0.717, 1.165) is 0 Å². The van der Waals surface area contributed by atoms with Gasteiger partial charge < -0.3 is 4.18 Å². The van der Waals surface area contributed by atoms with Gasteiger partial charge in [0.05, 0.1) is 0 Å². The molecule has 8 heavy (non-hydrogen) atoms. The molecule has 0 aromatic rings. The first kappa shape index (κ1) is 16.4. The van der Waals surface area contributed by atoms with Gasteiger partial charge in [0.2, 0.25) is 0 Å². The van der Waals surface area contributed by atoms with Gasteiger partial charge >= 0.3 is 65.1 Å². The van der Waals surface area contributed by atoms with Crippen molar-refractivity contribution in [3.8, 4) is 0 Å². The van der Waals surface area contributed by atoms with Crippen LogP contribution in [-0.2, 0) is 8.98 Å². The number of rotatable bonds is 1. The van der Waals surface area contributed by atoms with Crippen LogP contribution in [-0.4, -0.2) is 65.1 Å². The predicted molar refractivity (Wildman–Crippen MR) is 39.7 cm³/mol. The molecule has 40 valence electrons. The van der Waals surface area contributed by atoms with Crippen molar-refractivity contribution in [1.82, 2.24) is 0 Å². The number of thiol groups is 1. The van der Waals surface area contributed by atoms with Crippen molar-refractivity contribution in [2.24, 2.45) is 0 Å². The molecule has 0 heterocycles. The predicted octanol–water partition coefficient (Wildman–Crippen LogP) is -0.513. The summed E-state index contributed by atoms with van der Waals surface area (Å²) in [5.74, 6) is -0.293. The molecule has 0 saturated heterocycles. The third-order valence-electron chi connectivity index (χ3n) is 0.390. The molecule has 0 aromatic heterocycles. The summed E-state index contributed by atoms with van der Waals surface area (Å²) < 4.78 is 3.95. The maximum atomic E-state index is 9.88. The third kappa shape index (κ3) is 10.7. The van der Waals surface area contributed by atoms with Crippen molar-refractivity contribution in [2.75, 3.05) is 0 Å². The van der Waals surface area contributed by atoms with E-state index in [1.54, 1.807) is 6.92 Å². The summed E-state index contributed by atoms with van der Waals surface area (Å²) in [4.78, 5) is 9.88. The van der Waals surface area contributed by atoms with Gasteiger partial charge in [0.1, 0.15) is 0 Å². The topological polar surface area (TPSA) is 26.3 Å². The molecule has 0 radical (unpaired) electrons. The summed E-state index contributed by atoms with van der Waals surface area (Å²) in [5.41, 5.74) is 0. The zero-order chi connectivity index (χ0) is 4.99. The minimum atomic E-state index is -0.293. The molecule has 0 saturated carbocycles. The van der Waals surface area contributed by atoms with Gasteiger partial charge in [-0.15, -0.1) is 0 Å². The molecule has 0 fully saturated rings. The normalized spacial score (nSPS) is 5.75. The van der Waals surface area contributed by atoms with Crippen LogP contribution in [0.3, 0.4) is 0 Å². The van der Waals surface area contributed by atoms with Crippen LogP contribution in [0.2, 0.25) is 0 Å². The Labute approximate surface area is 98.9 Å². The molecule has 0 amide bonds. The molecular weight excluding hydrogens is 146 g/mol. The van der Waals surface area contributed by atoms with E-state index in [-0.39, 0.29) is 65.1 Å². The van der Waals surface area contributed by atoms with E-state index in [1.807, 2.05) is 0 Å². The van der Waals surface area contributed by atoms with Gasteiger partial charge in [0.25, 0.3) is 0 Å². The van der Waals surface area contributed by atoms with Gasteiger partial charge in [0.15, 0.2) is 0 Å². The van der Waals surface area contributed by atoms with E-state index in [9.17, 15) is 4.79 Å². The Morgan fingerprint density at radius 2 is 2.00 bits per heavy atom. The first-order valence-corrected chi connectivity index (χ1v) is 2.02. The molecule has 0 aliphatic heterocycles. The standard InChI is InChI=1S/C3H6O2S.2Na.2H/c1-2-3(4)5-6;;;;/h6H,2H2,1H3;;;;. The van der Waals surface area contributed by atoms with Crippen LogP contribution >= 0.6 is 12.9 Å². The summed E-state index contributed by atoms with van der Waals surface area (Å²) in [5, 5.41) is 0. The van der Waals surface area contributed by atoms with Crippen LogP contribution < -0.4 is 0 Å². The Bertz CT molecular complexity index is 53.2. The molecule has 0 bridgehead atoms. The van der Waals surface area contributed by atoms with Crippen molar-refractivity contribution < 1.29 is 8.98 Å². The van der Waals surface area contributed by atoms with E-state index in [0.29, 0.717) is 6.42 Å². The summed E-state index contributed by atoms with van der Waals surface area (Å²) in [6, 6.07) is 0. The SMILES string of the molecule is CCC(=O)OS.[NaH].[NaH]. The Morgan fingerprint density at radius 1 is 1.62 bits per heavy atom. The molecule has 0 N–H and O–H groups in total. The molecule has 0 spiro atoms. The minimum absolute atomic E-state index is 0. The van der Waals surface area contributed by atoms with Gasteiger partial charge in [-0.3, -0.25) is 4.79 Å². The zero-order valence-electron chi connectivity index (χ0n) is 3.47. The van der Waals surface area contributed by atoms with Gasteiger partial charge in [-0.05, 0) is 0 Å². The quantitative estimate of drug-likeness (QED) is 0.313. The molecule has 2 nitrogen and oxygen atoms in total. The maximum absolute atomic E-state index is 9.88. The van der Waals surface area contributed by atoms with E-state index in [2.05, 4.69) is 17.1 Å². The fraction of sp³-hybridized carbons (Fsp3) is 0.667. The Hall–Kier alpha value is 1.82. The molecule has 0 aliphatic carbocycles. The van der Waals surface area contributed by atoms with Crippen molar-refractivity contribution >= 4 is 78.0 Å². The van der Waals surface area contributed by atoms with Crippen LogP contribution in [0, 0.1) is 0 Å². The molecule has 0 unspecified atom stereocenters. The Balaban J connectivity index is -0.000000125. The molecule has 0 rings (SSSR count). The fourth-order valence-electron chi connectivity index (χ4n) is 0.0645.